The van der Waals surface area contributed by atoms with Crippen LogP contribution in [0.15, 0.2) is 24.4 Å². The minimum absolute atomic E-state index is 0.509. The summed E-state index contributed by atoms with van der Waals surface area (Å²) in [6.07, 6.45) is 11.6. The van der Waals surface area contributed by atoms with E-state index >= 15 is 0 Å². The molecule has 0 spiro atoms. The molecule has 28 heavy (non-hydrogen) atoms. The number of nitrogens with zero attached hydrogens (tertiary/aromatic N) is 1. The van der Waals surface area contributed by atoms with E-state index in [0.29, 0.717) is 12.2 Å². The number of carbonyl (C=O) groups is 1. The molecule has 1 aromatic carbocycles. The highest BCUT2D eigenvalue weighted by molar-refractivity contribution is 5.85. The van der Waals surface area contributed by atoms with Gasteiger partial charge in [-0.1, -0.05) is 19.3 Å². The van der Waals surface area contributed by atoms with Gasteiger partial charge in [0.15, 0.2) is 0 Å². The lowest BCUT2D eigenvalue weighted by Gasteiger charge is -2.23. The van der Waals surface area contributed by atoms with E-state index in [4.69, 9.17) is 4.74 Å². The van der Waals surface area contributed by atoms with E-state index in [0.717, 1.165) is 44.6 Å². The van der Waals surface area contributed by atoms with Crippen molar-refractivity contribution in [3.8, 4) is 5.75 Å². The maximum atomic E-state index is 10.8. The molecule has 0 unspecified atom stereocenters. The maximum absolute atomic E-state index is 10.8. The molecule has 2 fully saturated rings. The number of nitrogens with one attached hydrogen (secondary N) is 2. The number of carbonyl (C=O) groups excluding carboxylic acids is 1. The van der Waals surface area contributed by atoms with E-state index in [9.17, 15) is 4.79 Å². The van der Waals surface area contributed by atoms with Crippen molar-refractivity contribution in [2.75, 3.05) is 19.6 Å². The van der Waals surface area contributed by atoms with Crippen LogP contribution >= 0.6 is 0 Å². The highest BCUT2D eigenvalue weighted by Crippen LogP contribution is 2.30. The van der Waals surface area contributed by atoms with E-state index in [2.05, 4.69) is 27.5 Å². The highest BCUT2D eigenvalue weighted by atomic mass is 16.5. The molecule has 2 aromatic rings. The number of hydrogen-bond donors (Lipinski definition) is 2. The summed E-state index contributed by atoms with van der Waals surface area (Å²) in [6, 6.07) is 6.02. The van der Waals surface area contributed by atoms with Crippen LogP contribution in [0, 0.1) is 11.8 Å². The predicted octanol–water partition coefficient (Wildman–Crippen LogP) is 3.85. The zero-order chi connectivity index (χ0) is 19.2. The largest absolute Gasteiger partial charge is 0.429 e. The first-order valence-corrected chi connectivity index (χ1v) is 11.0. The van der Waals surface area contributed by atoms with E-state index in [1.807, 2.05) is 12.1 Å². The Morgan fingerprint density at radius 2 is 1.93 bits per heavy atom. The Kier molecular flexibility index (Phi) is 6.65. The summed E-state index contributed by atoms with van der Waals surface area (Å²) in [5, 5.41) is 8.32. The summed E-state index contributed by atoms with van der Waals surface area (Å²) >= 11 is 0. The Hall–Kier alpha value is -1.85. The molecule has 0 radical (unpaired) electrons. The van der Waals surface area contributed by atoms with Crippen molar-refractivity contribution >= 4 is 17.4 Å². The maximum Gasteiger partial charge on any atom is 0.298 e. The summed E-state index contributed by atoms with van der Waals surface area (Å²) < 4.78 is 7.54. The second kappa shape index (κ2) is 9.57. The topological polar surface area (TPSA) is 55.3 Å². The molecular weight excluding hydrogens is 350 g/mol. The average Bonchev–Trinajstić information content (AvgIpc) is 3.07. The van der Waals surface area contributed by atoms with Crippen LogP contribution in [0.1, 0.15) is 50.5 Å². The van der Waals surface area contributed by atoms with E-state index < -0.39 is 0 Å². The van der Waals surface area contributed by atoms with Crippen LogP contribution < -0.4 is 15.4 Å². The van der Waals surface area contributed by atoms with Gasteiger partial charge in [-0.05, 0) is 80.9 Å². The Morgan fingerprint density at radius 1 is 1.11 bits per heavy atom. The molecule has 0 bridgehead atoms. The Bertz CT molecular complexity index is 773. The van der Waals surface area contributed by atoms with Crippen molar-refractivity contribution in [3.63, 3.8) is 0 Å². The zero-order valence-electron chi connectivity index (χ0n) is 16.8. The van der Waals surface area contributed by atoms with Gasteiger partial charge < -0.3 is 19.9 Å². The van der Waals surface area contributed by atoms with Gasteiger partial charge >= 0.3 is 0 Å². The molecule has 2 aliphatic rings. The standard InChI is InChI=1S/C23H33N3O2/c27-17-28-21-6-7-23-22(12-21)20(14-25-13-18-8-10-24-11-9-18)16-26(23)15-19-4-2-1-3-5-19/h6-7,12,16-19,24-25H,1-5,8-11,13-15H2. The third-order valence-electron chi connectivity index (χ3n) is 6.51. The first-order chi connectivity index (χ1) is 13.8. The predicted molar refractivity (Wildman–Crippen MR) is 113 cm³/mol. The van der Waals surface area contributed by atoms with Gasteiger partial charge in [-0.25, -0.2) is 0 Å². The van der Waals surface area contributed by atoms with Gasteiger partial charge in [-0.15, -0.1) is 0 Å². The lowest BCUT2D eigenvalue weighted by molar-refractivity contribution is -0.120. The molecule has 2 N–H and O–H groups in total. The van der Waals surface area contributed by atoms with Gasteiger partial charge in [0, 0.05) is 30.2 Å². The molecule has 2 heterocycles. The van der Waals surface area contributed by atoms with Crippen LogP contribution in [0.25, 0.3) is 10.9 Å². The fourth-order valence-corrected chi connectivity index (χ4v) is 4.92. The molecule has 1 aliphatic carbocycles. The minimum atomic E-state index is 0.509. The number of benzene rings is 1. The van der Waals surface area contributed by atoms with Crippen LogP contribution in [0.4, 0.5) is 0 Å². The SMILES string of the molecule is O=COc1ccc2c(c1)c(CNCC1CCNCC1)cn2CC1CCCCC1. The van der Waals surface area contributed by atoms with Crippen LogP contribution in [0.5, 0.6) is 5.75 Å². The number of fused-ring (bicyclic) bond motifs is 1. The molecule has 5 nitrogen and oxygen atoms in total. The molecule has 1 saturated heterocycles. The summed E-state index contributed by atoms with van der Waals surface area (Å²) in [5.74, 6) is 2.18. The van der Waals surface area contributed by atoms with Gasteiger partial charge in [0.25, 0.3) is 6.47 Å². The van der Waals surface area contributed by atoms with Crippen molar-refractivity contribution in [2.24, 2.45) is 11.8 Å². The summed E-state index contributed by atoms with van der Waals surface area (Å²) in [4.78, 5) is 10.8. The lowest BCUT2D eigenvalue weighted by atomic mass is 9.89. The Labute approximate surface area is 167 Å². The number of rotatable bonds is 8. The Morgan fingerprint density at radius 3 is 2.71 bits per heavy atom. The second-order valence-corrected chi connectivity index (χ2v) is 8.53. The van der Waals surface area contributed by atoms with Crippen LogP contribution in [-0.2, 0) is 17.9 Å². The van der Waals surface area contributed by atoms with E-state index in [-0.39, 0.29) is 0 Å². The van der Waals surface area contributed by atoms with Crippen molar-refractivity contribution in [1.29, 1.82) is 0 Å². The monoisotopic (exact) mass is 383 g/mol. The van der Waals surface area contributed by atoms with Gasteiger partial charge in [0.05, 0.1) is 0 Å². The van der Waals surface area contributed by atoms with Crippen molar-refractivity contribution in [1.82, 2.24) is 15.2 Å². The lowest BCUT2D eigenvalue weighted by Crippen LogP contribution is -2.33. The number of piperidine rings is 1. The molecule has 152 valence electrons. The van der Waals surface area contributed by atoms with Crippen LogP contribution in [-0.4, -0.2) is 30.7 Å². The third-order valence-corrected chi connectivity index (χ3v) is 6.51. The fraction of sp³-hybridized carbons (Fsp3) is 0.609. The van der Waals surface area contributed by atoms with E-state index in [1.54, 1.807) is 0 Å². The summed E-state index contributed by atoms with van der Waals surface area (Å²) in [7, 11) is 0. The number of ether oxygens (including phenoxy) is 1. The van der Waals surface area contributed by atoms with Crippen LogP contribution in [0.2, 0.25) is 0 Å². The minimum Gasteiger partial charge on any atom is -0.429 e. The molecule has 1 saturated carbocycles. The zero-order valence-corrected chi connectivity index (χ0v) is 16.8. The van der Waals surface area contributed by atoms with Gasteiger partial charge in [0.1, 0.15) is 5.75 Å². The van der Waals surface area contributed by atoms with Crippen molar-refractivity contribution in [2.45, 2.75) is 58.0 Å². The summed E-state index contributed by atoms with van der Waals surface area (Å²) in [6.45, 7) is 5.82. The normalized spacial score (nSPS) is 19.1. The number of hydrogen-bond acceptors (Lipinski definition) is 4. The number of aromatic nitrogens is 1. The second-order valence-electron chi connectivity index (χ2n) is 8.53. The molecule has 1 aliphatic heterocycles. The van der Waals surface area contributed by atoms with Crippen molar-refractivity contribution < 1.29 is 9.53 Å². The molecule has 4 rings (SSSR count). The smallest absolute Gasteiger partial charge is 0.298 e. The fourth-order valence-electron chi connectivity index (χ4n) is 4.92. The average molecular weight is 384 g/mol. The van der Waals surface area contributed by atoms with Crippen molar-refractivity contribution in [3.05, 3.63) is 30.0 Å². The molecule has 0 amide bonds. The molecule has 0 atom stereocenters. The third kappa shape index (κ3) is 4.76. The first kappa shape index (κ1) is 19.5. The first-order valence-electron chi connectivity index (χ1n) is 11.0. The van der Waals surface area contributed by atoms with Gasteiger partial charge in [-0.3, -0.25) is 4.79 Å². The molecule has 1 aromatic heterocycles. The summed E-state index contributed by atoms with van der Waals surface area (Å²) in [5.41, 5.74) is 2.55. The van der Waals surface area contributed by atoms with Crippen LogP contribution in [0.3, 0.4) is 0 Å². The Balaban J connectivity index is 1.50. The van der Waals surface area contributed by atoms with E-state index in [1.165, 1.54) is 61.4 Å². The highest BCUT2D eigenvalue weighted by Gasteiger charge is 2.17. The van der Waals surface area contributed by atoms with Gasteiger partial charge in [0.2, 0.25) is 0 Å². The molecule has 5 heteroatoms. The molecular formula is C23H33N3O2. The van der Waals surface area contributed by atoms with Gasteiger partial charge in [-0.2, -0.15) is 0 Å². The quantitative estimate of drug-likeness (QED) is 0.680.